The van der Waals surface area contributed by atoms with Crippen LogP contribution >= 0.6 is 11.8 Å². The van der Waals surface area contributed by atoms with Gasteiger partial charge in [-0.15, -0.1) is 0 Å². The fourth-order valence-corrected chi connectivity index (χ4v) is 2.70. The summed E-state index contributed by atoms with van der Waals surface area (Å²) in [5.74, 6) is -2.25. The van der Waals surface area contributed by atoms with Gasteiger partial charge >= 0.3 is 12.1 Å². The number of ether oxygens (including phenoxy) is 1. The second-order valence-electron chi connectivity index (χ2n) is 4.99. The van der Waals surface area contributed by atoms with Crippen molar-refractivity contribution in [3.8, 4) is 5.75 Å². The third kappa shape index (κ3) is 5.20. The smallest absolute Gasteiger partial charge is 0.490 e. The molecule has 1 amide bonds. The van der Waals surface area contributed by atoms with Gasteiger partial charge in [0, 0.05) is 11.6 Å². The second kappa shape index (κ2) is 8.08. The van der Waals surface area contributed by atoms with E-state index in [1.165, 1.54) is 0 Å². The summed E-state index contributed by atoms with van der Waals surface area (Å²) in [6.45, 7) is 0. The summed E-state index contributed by atoms with van der Waals surface area (Å²) in [4.78, 5) is 25.3. The van der Waals surface area contributed by atoms with Crippen molar-refractivity contribution in [2.45, 2.75) is 6.18 Å². The number of carboxylic acids is 1. The lowest BCUT2D eigenvalue weighted by molar-refractivity contribution is -0.192. The summed E-state index contributed by atoms with van der Waals surface area (Å²) in [6.07, 6.45) is -1.63. The number of hydrogen-bond acceptors (Lipinski definition) is 6. The van der Waals surface area contributed by atoms with Crippen molar-refractivity contribution in [1.29, 1.82) is 5.41 Å². The number of amides is 1. The fraction of sp³-hybridized carbons (Fsp3) is 0.125. The minimum absolute atomic E-state index is 0.154. The third-order valence-corrected chi connectivity index (χ3v) is 3.98. The number of amidine groups is 1. The van der Waals surface area contributed by atoms with Gasteiger partial charge in [-0.25, -0.2) is 4.79 Å². The zero-order valence-electron chi connectivity index (χ0n) is 13.6. The normalized spacial score (nSPS) is 15.3. The molecule has 27 heavy (non-hydrogen) atoms. The van der Waals surface area contributed by atoms with Gasteiger partial charge in [0.2, 0.25) is 0 Å². The highest BCUT2D eigenvalue weighted by molar-refractivity contribution is 8.18. The number of benzene rings is 1. The monoisotopic (exact) mass is 399 g/mol. The van der Waals surface area contributed by atoms with Gasteiger partial charge in [-0.3, -0.25) is 15.2 Å². The molecule has 142 valence electrons. The van der Waals surface area contributed by atoms with E-state index in [1.54, 1.807) is 25.4 Å². The van der Waals surface area contributed by atoms with Crippen LogP contribution in [0.3, 0.4) is 0 Å². The Bertz CT molecular complexity index is 944. The highest BCUT2D eigenvalue weighted by Gasteiger charge is 2.38. The van der Waals surface area contributed by atoms with E-state index >= 15 is 0 Å². The van der Waals surface area contributed by atoms with E-state index in [1.807, 2.05) is 18.2 Å². The molecule has 11 heteroatoms. The average molecular weight is 399 g/mol. The maximum absolute atomic E-state index is 11.6. The number of carboxylic acid groups (broad SMARTS) is 1. The quantitative estimate of drug-likeness (QED) is 0.670. The summed E-state index contributed by atoms with van der Waals surface area (Å²) in [7, 11) is 1.61. The van der Waals surface area contributed by atoms with E-state index in [2.05, 4.69) is 10.3 Å². The first-order valence-corrected chi connectivity index (χ1v) is 7.96. The van der Waals surface area contributed by atoms with Crippen LogP contribution in [-0.4, -0.2) is 40.4 Å². The van der Waals surface area contributed by atoms with Crippen molar-refractivity contribution >= 4 is 45.8 Å². The van der Waals surface area contributed by atoms with Crippen molar-refractivity contribution in [3.63, 3.8) is 0 Å². The maximum atomic E-state index is 11.6. The number of fused-ring (bicyclic) bond motifs is 1. The number of hydrogen-bond donors (Lipinski definition) is 3. The predicted molar refractivity (Wildman–Crippen MR) is 93.4 cm³/mol. The van der Waals surface area contributed by atoms with Crippen LogP contribution < -0.4 is 10.1 Å². The van der Waals surface area contributed by atoms with E-state index < -0.39 is 12.1 Å². The number of nitrogens with one attached hydrogen (secondary N) is 2. The molecule has 2 heterocycles. The SMILES string of the molecule is COc1ccnc2ccc(/C=C3\SC(=N)NC3=O)cc12.O=C(O)C(F)(F)F. The second-order valence-corrected chi connectivity index (χ2v) is 6.04. The molecule has 3 rings (SSSR count). The summed E-state index contributed by atoms with van der Waals surface area (Å²) in [6, 6.07) is 7.49. The Hall–Kier alpha value is -3.08. The topological polar surface area (TPSA) is 112 Å². The highest BCUT2D eigenvalue weighted by Crippen LogP contribution is 2.28. The number of thioether (sulfide) groups is 1. The zero-order valence-corrected chi connectivity index (χ0v) is 14.4. The van der Waals surface area contributed by atoms with Gasteiger partial charge in [-0.2, -0.15) is 13.2 Å². The molecule has 1 aromatic heterocycles. The van der Waals surface area contributed by atoms with Crippen LogP contribution in [-0.2, 0) is 9.59 Å². The van der Waals surface area contributed by atoms with Gasteiger partial charge in [-0.05, 0) is 41.6 Å². The van der Waals surface area contributed by atoms with Crippen LogP contribution in [0.2, 0.25) is 0 Å². The van der Waals surface area contributed by atoms with Crippen LogP contribution in [0.25, 0.3) is 17.0 Å². The van der Waals surface area contributed by atoms with Crippen LogP contribution in [0, 0.1) is 5.41 Å². The first-order valence-electron chi connectivity index (χ1n) is 7.14. The maximum Gasteiger partial charge on any atom is 0.490 e. The van der Waals surface area contributed by atoms with Gasteiger partial charge in [0.25, 0.3) is 5.91 Å². The van der Waals surface area contributed by atoms with Crippen LogP contribution in [0.5, 0.6) is 5.75 Å². The third-order valence-electron chi connectivity index (χ3n) is 3.15. The van der Waals surface area contributed by atoms with Crippen LogP contribution in [0.15, 0.2) is 35.4 Å². The number of pyridine rings is 1. The molecule has 1 aliphatic heterocycles. The lowest BCUT2D eigenvalue weighted by Gasteiger charge is -2.05. The minimum Gasteiger partial charge on any atom is -0.496 e. The van der Waals surface area contributed by atoms with Gasteiger partial charge in [0.05, 0.1) is 17.5 Å². The van der Waals surface area contributed by atoms with Gasteiger partial charge in [0.1, 0.15) is 5.75 Å². The first kappa shape index (κ1) is 20.2. The van der Waals surface area contributed by atoms with E-state index in [-0.39, 0.29) is 11.1 Å². The number of nitrogens with zero attached hydrogens (tertiary/aromatic N) is 1. The molecular formula is C16H12F3N3O4S. The molecule has 1 aliphatic rings. The Kier molecular flexibility index (Phi) is 6.05. The van der Waals surface area contributed by atoms with Crippen LogP contribution in [0.4, 0.5) is 13.2 Å². The average Bonchev–Trinajstić information content (AvgIpc) is 2.91. The molecule has 0 radical (unpaired) electrons. The molecule has 1 saturated heterocycles. The van der Waals surface area contributed by atoms with E-state index in [4.69, 9.17) is 20.0 Å². The van der Waals surface area contributed by atoms with E-state index in [0.717, 1.165) is 34.0 Å². The molecule has 2 aromatic rings. The number of aliphatic carboxylic acids is 1. The molecule has 0 bridgehead atoms. The Labute approximate surface area is 154 Å². The molecule has 0 saturated carbocycles. The number of carbonyl (C=O) groups is 2. The molecule has 1 aromatic carbocycles. The minimum atomic E-state index is -5.08. The number of aromatic nitrogens is 1. The molecule has 3 N–H and O–H groups in total. The first-order chi connectivity index (χ1) is 12.6. The molecule has 0 unspecified atom stereocenters. The Morgan fingerprint density at radius 2 is 2.04 bits per heavy atom. The van der Waals surface area contributed by atoms with Gasteiger partial charge < -0.3 is 15.2 Å². The number of carbonyl (C=O) groups excluding carboxylic acids is 1. The van der Waals surface area contributed by atoms with E-state index in [0.29, 0.717) is 4.91 Å². The lowest BCUT2D eigenvalue weighted by atomic mass is 10.1. The largest absolute Gasteiger partial charge is 0.496 e. The standard InChI is InChI=1S/C14H11N3O2S.C2HF3O2/c1-19-11-4-5-16-10-3-2-8(6-9(10)11)7-12-13(18)17-14(15)20-12;3-2(4,5)1(6)7/h2-7H,1H3,(H2,15,17,18);(H,6,7)/b12-7-;. The van der Waals surface area contributed by atoms with E-state index in [9.17, 15) is 18.0 Å². The summed E-state index contributed by atoms with van der Waals surface area (Å²) in [5.41, 5.74) is 1.71. The highest BCUT2D eigenvalue weighted by atomic mass is 32.2. The lowest BCUT2D eigenvalue weighted by Crippen LogP contribution is -2.21. The van der Waals surface area contributed by atoms with Crippen molar-refractivity contribution in [2.24, 2.45) is 0 Å². The molecule has 0 atom stereocenters. The Balaban J connectivity index is 0.000000321. The summed E-state index contributed by atoms with van der Waals surface area (Å²) >= 11 is 1.12. The predicted octanol–water partition coefficient (Wildman–Crippen LogP) is 3.02. The van der Waals surface area contributed by atoms with Crippen molar-refractivity contribution < 1.29 is 32.6 Å². The number of halogens is 3. The molecular weight excluding hydrogens is 387 g/mol. The molecule has 0 aliphatic carbocycles. The zero-order chi connectivity index (χ0) is 20.2. The molecule has 1 fully saturated rings. The molecule has 0 spiro atoms. The number of methoxy groups -OCH3 is 1. The number of rotatable bonds is 2. The summed E-state index contributed by atoms with van der Waals surface area (Å²) in [5, 5.41) is 18.0. The van der Waals surface area contributed by atoms with Gasteiger partial charge in [0.15, 0.2) is 5.17 Å². The fourth-order valence-electron chi connectivity index (χ4n) is 2.00. The van der Waals surface area contributed by atoms with Gasteiger partial charge in [-0.1, -0.05) is 6.07 Å². The molecule has 7 nitrogen and oxygen atoms in total. The number of alkyl halides is 3. The summed E-state index contributed by atoms with van der Waals surface area (Å²) < 4.78 is 37.0. The van der Waals surface area contributed by atoms with Crippen molar-refractivity contribution in [3.05, 3.63) is 40.9 Å². The van der Waals surface area contributed by atoms with Crippen LogP contribution in [0.1, 0.15) is 5.56 Å². The Morgan fingerprint density at radius 3 is 2.56 bits per heavy atom. The van der Waals surface area contributed by atoms with Crippen molar-refractivity contribution in [1.82, 2.24) is 10.3 Å². The van der Waals surface area contributed by atoms with Crippen molar-refractivity contribution in [2.75, 3.05) is 7.11 Å². The Morgan fingerprint density at radius 1 is 1.37 bits per heavy atom.